The van der Waals surface area contributed by atoms with Crippen LogP contribution in [0.1, 0.15) is 0 Å². The molecule has 1 aromatic heterocycles. The lowest BCUT2D eigenvalue weighted by Crippen LogP contribution is -2.12. The van der Waals surface area contributed by atoms with Crippen molar-refractivity contribution < 1.29 is 9.31 Å². The first-order chi connectivity index (χ1) is 9.08. The SMILES string of the molecule is O=[N+]([O-])c1cc(Cl)c(F)cc1NCCn1cccn1. The van der Waals surface area contributed by atoms with Crippen molar-refractivity contribution in [3.8, 4) is 0 Å². The molecule has 0 saturated carbocycles. The van der Waals surface area contributed by atoms with Gasteiger partial charge in [0.15, 0.2) is 0 Å². The summed E-state index contributed by atoms with van der Waals surface area (Å²) in [6.45, 7) is 0.887. The van der Waals surface area contributed by atoms with Gasteiger partial charge in [-0.2, -0.15) is 5.10 Å². The van der Waals surface area contributed by atoms with Gasteiger partial charge in [-0.3, -0.25) is 14.8 Å². The summed E-state index contributed by atoms with van der Waals surface area (Å²) in [5.41, 5.74) is -0.161. The van der Waals surface area contributed by atoms with Crippen LogP contribution in [0.15, 0.2) is 30.6 Å². The van der Waals surface area contributed by atoms with Crippen LogP contribution in [0.2, 0.25) is 5.02 Å². The predicted octanol–water partition coefficient (Wildman–Crippen LogP) is 2.70. The first kappa shape index (κ1) is 13.3. The van der Waals surface area contributed by atoms with E-state index >= 15 is 0 Å². The molecule has 1 heterocycles. The van der Waals surface area contributed by atoms with Gasteiger partial charge in [-0.1, -0.05) is 11.6 Å². The second-order valence-corrected chi connectivity index (χ2v) is 4.14. The highest BCUT2D eigenvalue weighted by molar-refractivity contribution is 6.31. The Hall–Kier alpha value is -2.15. The van der Waals surface area contributed by atoms with E-state index in [9.17, 15) is 14.5 Å². The van der Waals surface area contributed by atoms with Crippen LogP contribution >= 0.6 is 11.6 Å². The fraction of sp³-hybridized carbons (Fsp3) is 0.182. The highest BCUT2D eigenvalue weighted by atomic mass is 35.5. The Labute approximate surface area is 112 Å². The maximum absolute atomic E-state index is 13.3. The van der Waals surface area contributed by atoms with Crippen molar-refractivity contribution in [1.82, 2.24) is 9.78 Å². The van der Waals surface area contributed by atoms with Crippen molar-refractivity contribution in [1.29, 1.82) is 0 Å². The standard InChI is InChI=1S/C11H10ClFN4O2/c12-8-6-11(17(18)19)10(7-9(8)13)14-3-5-16-4-1-2-15-16/h1-2,4,6-7,14H,3,5H2. The van der Waals surface area contributed by atoms with Gasteiger partial charge in [0.1, 0.15) is 11.5 Å². The van der Waals surface area contributed by atoms with Gasteiger partial charge in [0.25, 0.3) is 5.69 Å². The van der Waals surface area contributed by atoms with E-state index in [4.69, 9.17) is 11.6 Å². The van der Waals surface area contributed by atoms with Crippen molar-refractivity contribution in [2.75, 3.05) is 11.9 Å². The lowest BCUT2D eigenvalue weighted by atomic mass is 10.2. The van der Waals surface area contributed by atoms with Crippen molar-refractivity contribution in [3.63, 3.8) is 0 Å². The quantitative estimate of drug-likeness (QED) is 0.677. The third-order valence-electron chi connectivity index (χ3n) is 2.45. The molecule has 0 fully saturated rings. The molecule has 0 atom stereocenters. The normalized spacial score (nSPS) is 10.4. The van der Waals surface area contributed by atoms with E-state index < -0.39 is 10.7 Å². The summed E-state index contributed by atoms with van der Waals surface area (Å²) in [5.74, 6) is -0.700. The van der Waals surface area contributed by atoms with Crippen molar-refractivity contribution in [2.24, 2.45) is 0 Å². The Kier molecular flexibility index (Phi) is 3.96. The summed E-state index contributed by atoms with van der Waals surface area (Å²) >= 11 is 5.52. The topological polar surface area (TPSA) is 73.0 Å². The molecule has 1 N–H and O–H groups in total. The van der Waals surface area contributed by atoms with Gasteiger partial charge in [0.05, 0.1) is 16.5 Å². The van der Waals surface area contributed by atoms with Crippen LogP contribution in [-0.4, -0.2) is 21.2 Å². The zero-order valence-corrected chi connectivity index (χ0v) is 10.5. The average molecular weight is 285 g/mol. The predicted molar refractivity (Wildman–Crippen MR) is 68.8 cm³/mol. The Morgan fingerprint density at radius 3 is 2.95 bits per heavy atom. The lowest BCUT2D eigenvalue weighted by molar-refractivity contribution is -0.384. The molecule has 0 amide bonds. The molecule has 0 aliphatic rings. The van der Waals surface area contributed by atoms with Gasteiger partial charge >= 0.3 is 0 Å². The number of hydrogen-bond donors (Lipinski definition) is 1. The molecule has 1 aromatic carbocycles. The molecule has 0 bridgehead atoms. The minimum Gasteiger partial charge on any atom is -0.378 e. The van der Waals surface area contributed by atoms with Gasteiger partial charge < -0.3 is 5.32 Å². The second-order valence-electron chi connectivity index (χ2n) is 3.74. The van der Waals surface area contributed by atoms with Crippen LogP contribution in [0.25, 0.3) is 0 Å². The van der Waals surface area contributed by atoms with Crippen LogP contribution in [0.5, 0.6) is 0 Å². The van der Waals surface area contributed by atoms with E-state index in [1.165, 1.54) is 0 Å². The summed E-state index contributed by atoms with van der Waals surface area (Å²) < 4.78 is 15.0. The minimum atomic E-state index is -0.700. The van der Waals surface area contributed by atoms with Crippen molar-refractivity contribution in [3.05, 3.63) is 51.5 Å². The highest BCUT2D eigenvalue weighted by Crippen LogP contribution is 2.30. The minimum absolute atomic E-state index is 0.0963. The molecule has 100 valence electrons. The largest absolute Gasteiger partial charge is 0.378 e. The molecular weight excluding hydrogens is 275 g/mol. The fourth-order valence-corrected chi connectivity index (χ4v) is 1.72. The number of nitro groups is 1. The Bertz CT molecular complexity index is 589. The van der Waals surface area contributed by atoms with Gasteiger partial charge in [0, 0.05) is 31.1 Å². The van der Waals surface area contributed by atoms with Gasteiger partial charge in [-0.05, 0) is 6.07 Å². The molecule has 0 spiro atoms. The summed E-state index contributed by atoms with van der Waals surface area (Å²) in [6, 6.07) is 3.78. The van der Waals surface area contributed by atoms with E-state index in [1.807, 2.05) is 0 Å². The van der Waals surface area contributed by atoms with Crippen LogP contribution < -0.4 is 5.32 Å². The van der Waals surface area contributed by atoms with Crippen molar-refractivity contribution >= 4 is 23.0 Å². The molecule has 0 aliphatic heterocycles. The van der Waals surface area contributed by atoms with E-state index in [2.05, 4.69) is 10.4 Å². The summed E-state index contributed by atoms with van der Waals surface area (Å²) in [7, 11) is 0. The van der Waals surface area contributed by atoms with E-state index in [1.54, 1.807) is 23.1 Å². The molecule has 2 aromatic rings. The molecule has 0 radical (unpaired) electrons. The van der Waals surface area contributed by atoms with Crippen LogP contribution in [0.3, 0.4) is 0 Å². The molecule has 19 heavy (non-hydrogen) atoms. The monoisotopic (exact) mass is 284 g/mol. The number of rotatable bonds is 5. The number of anilines is 1. The molecule has 0 aliphatic carbocycles. The van der Waals surface area contributed by atoms with Gasteiger partial charge in [-0.15, -0.1) is 0 Å². The zero-order valence-electron chi connectivity index (χ0n) is 9.72. The van der Waals surface area contributed by atoms with Crippen molar-refractivity contribution in [2.45, 2.75) is 6.54 Å². The molecular formula is C11H10ClFN4O2. The summed E-state index contributed by atoms with van der Waals surface area (Å²) in [6.07, 6.45) is 3.39. The Balaban J connectivity index is 2.10. The number of nitro benzene ring substituents is 1. The first-order valence-corrected chi connectivity index (χ1v) is 5.80. The number of hydrogen-bond acceptors (Lipinski definition) is 4. The molecule has 0 unspecified atom stereocenters. The number of aromatic nitrogens is 2. The molecule has 6 nitrogen and oxygen atoms in total. The second kappa shape index (κ2) is 5.66. The van der Waals surface area contributed by atoms with Gasteiger partial charge in [0.2, 0.25) is 0 Å². The highest BCUT2D eigenvalue weighted by Gasteiger charge is 2.17. The van der Waals surface area contributed by atoms with Crippen LogP contribution in [-0.2, 0) is 6.54 Å². The smallest absolute Gasteiger partial charge is 0.294 e. The van der Waals surface area contributed by atoms with E-state index in [0.29, 0.717) is 13.1 Å². The maximum atomic E-state index is 13.3. The van der Waals surface area contributed by atoms with Gasteiger partial charge in [-0.25, -0.2) is 4.39 Å². The average Bonchev–Trinajstić information content (AvgIpc) is 2.86. The Morgan fingerprint density at radius 1 is 1.53 bits per heavy atom. The van der Waals surface area contributed by atoms with E-state index in [-0.39, 0.29) is 16.4 Å². The number of nitrogens with one attached hydrogen (secondary N) is 1. The summed E-state index contributed by atoms with van der Waals surface area (Å²) in [4.78, 5) is 10.2. The third-order valence-corrected chi connectivity index (χ3v) is 2.74. The summed E-state index contributed by atoms with van der Waals surface area (Å²) in [5, 5.41) is 17.4. The molecule has 8 heteroatoms. The molecule has 0 saturated heterocycles. The number of halogens is 2. The lowest BCUT2D eigenvalue weighted by Gasteiger charge is -2.08. The fourth-order valence-electron chi connectivity index (χ4n) is 1.57. The molecule has 2 rings (SSSR count). The number of benzene rings is 1. The van der Waals surface area contributed by atoms with Crippen LogP contribution in [0, 0.1) is 15.9 Å². The zero-order chi connectivity index (χ0) is 13.8. The van der Waals surface area contributed by atoms with E-state index in [0.717, 1.165) is 12.1 Å². The first-order valence-electron chi connectivity index (χ1n) is 5.42. The number of nitrogens with zero attached hydrogens (tertiary/aromatic N) is 3. The third kappa shape index (κ3) is 3.19. The Morgan fingerprint density at radius 2 is 2.32 bits per heavy atom. The van der Waals surface area contributed by atoms with Crippen LogP contribution in [0.4, 0.5) is 15.8 Å². The maximum Gasteiger partial charge on any atom is 0.294 e.